The van der Waals surface area contributed by atoms with E-state index in [-0.39, 0.29) is 11.5 Å². The molecule has 126 valence electrons. The molecule has 0 aliphatic heterocycles. The molecule has 0 spiro atoms. The number of aliphatic hydroxyl groups excluding tert-OH is 1. The quantitative estimate of drug-likeness (QED) is 0.457. The smallest absolute Gasteiger partial charge is 0.293 e. The van der Waals surface area contributed by atoms with Crippen LogP contribution < -0.4 is 5.32 Å². The van der Waals surface area contributed by atoms with Crippen molar-refractivity contribution in [1.82, 2.24) is 0 Å². The van der Waals surface area contributed by atoms with Gasteiger partial charge in [-0.05, 0) is 43.2 Å². The zero-order valence-electron chi connectivity index (χ0n) is 13.7. The van der Waals surface area contributed by atoms with Gasteiger partial charge in [-0.2, -0.15) is 0 Å². The van der Waals surface area contributed by atoms with Gasteiger partial charge in [0, 0.05) is 23.7 Å². The van der Waals surface area contributed by atoms with Crippen LogP contribution >= 0.6 is 0 Å². The largest absolute Gasteiger partial charge is 0.393 e. The molecule has 6 heteroatoms. The van der Waals surface area contributed by atoms with Crippen LogP contribution in [0.1, 0.15) is 36.2 Å². The van der Waals surface area contributed by atoms with Gasteiger partial charge in [0.15, 0.2) is 5.78 Å². The average Bonchev–Trinajstić information content (AvgIpc) is 2.55. The molecule has 0 aliphatic rings. The Morgan fingerprint density at radius 1 is 1.25 bits per heavy atom. The number of hydrogen-bond acceptors (Lipinski definition) is 5. The van der Waals surface area contributed by atoms with Crippen LogP contribution in [0.4, 0.5) is 17.1 Å². The summed E-state index contributed by atoms with van der Waals surface area (Å²) < 4.78 is 0. The van der Waals surface area contributed by atoms with Crippen LogP contribution in [0.3, 0.4) is 0 Å². The zero-order valence-corrected chi connectivity index (χ0v) is 13.7. The van der Waals surface area contributed by atoms with Gasteiger partial charge in [-0.3, -0.25) is 14.9 Å². The summed E-state index contributed by atoms with van der Waals surface area (Å²) in [5.41, 5.74) is 2.20. The van der Waals surface area contributed by atoms with E-state index in [2.05, 4.69) is 5.32 Å². The van der Waals surface area contributed by atoms with Crippen molar-refractivity contribution in [1.29, 1.82) is 0 Å². The number of aliphatic hydroxyl groups is 1. The van der Waals surface area contributed by atoms with E-state index in [0.717, 1.165) is 5.56 Å². The molecule has 2 N–H and O–H groups in total. The van der Waals surface area contributed by atoms with Gasteiger partial charge >= 0.3 is 0 Å². The minimum atomic E-state index is -0.503. The molecule has 0 bridgehead atoms. The average molecular weight is 328 g/mol. The van der Waals surface area contributed by atoms with Gasteiger partial charge in [-0.1, -0.05) is 19.1 Å². The monoisotopic (exact) mass is 328 g/mol. The lowest BCUT2D eigenvalue weighted by Gasteiger charge is -2.10. The van der Waals surface area contributed by atoms with Crippen molar-refractivity contribution in [2.45, 2.75) is 32.8 Å². The number of hydrogen-bond donors (Lipinski definition) is 2. The van der Waals surface area contributed by atoms with E-state index in [1.807, 2.05) is 12.1 Å². The van der Waals surface area contributed by atoms with E-state index in [1.165, 1.54) is 6.07 Å². The standard InChI is InChI=1S/C18H20N2O4/c1-3-18(22)14-6-9-16(17(11-14)20(23)24)19-15-7-4-13(5-8-15)10-12(2)21/h4-9,11-12,19,21H,3,10H2,1-2H3. The molecule has 0 fully saturated rings. The second kappa shape index (κ2) is 7.70. The molecule has 6 nitrogen and oxygen atoms in total. The summed E-state index contributed by atoms with van der Waals surface area (Å²) in [6.45, 7) is 3.43. The summed E-state index contributed by atoms with van der Waals surface area (Å²) in [6.07, 6.45) is 0.427. The van der Waals surface area contributed by atoms with Crippen LogP contribution in [0.5, 0.6) is 0 Å². The van der Waals surface area contributed by atoms with Gasteiger partial charge in [-0.15, -0.1) is 0 Å². The van der Waals surface area contributed by atoms with E-state index in [1.54, 1.807) is 38.1 Å². The number of carbonyl (C=O) groups excluding carboxylic acids is 1. The van der Waals surface area contributed by atoms with Crippen LogP contribution in [0.15, 0.2) is 42.5 Å². The molecule has 0 amide bonds. The number of nitro groups is 1. The molecule has 24 heavy (non-hydrogen) atoms. The maximum absolute atomic E-state index is 11.7. The van der Waals surface area contributed by atoms with Crippen molar-refractivity contribution in [2.75, 3.05) is 5.32 Å². The van der Waals surface area contributed by atoms with E-state index in [0.29, 0.717) is 29.8 Å². The first kappa shape index (κ1) is 17.6. The Balaban J connectivity index is 2.25. The summed E-state index contributed by atoms with van der Waals surface area (Å²) in [6, 6.07) is 11.7. The molecule has 0 radical (unpaired) electrons. The summed E-state index contributed by atoms with van der Waals surface area (Å²) in [7, 11) is 0. The Morgan fingerprint density at radius 2 is 1.92 bits per heavy atom. The number of carbonyl (C=O) groups is 1. The summed E-state index contributed by atoms with van der Waals surface area (Å²) in [4.78, 5) is 22.5. The number of nitrogens with one attached hydrogen (secondary N) is 1. The van der Waals surface area contributed by atoms with Crippen molar-refractivity contribution < 1.29 is 14.8 Å². The fourth-order valence-electron chi connectivity index (χ4n) is 2.39. The molecule has 1 atom stereocenters. The number of rotatable bonds is 7. The molecule has 0 aliphatic carbocycles. The summed E-state index contributed by atoms with van der Waals surface area (Å²) >= 11 is 0. The Hall–Kier alpha value is -2.73. The van der Waals surface area contributed by atoms with E-state index < -0.39 is 11.0 Å². The second-order valence-corrected chi connectivity index (χ2v) is 5.64. The number of ketones is 1. The highest BCUT2D eigenvalue weighted by Crippen LogP contribution is 2.29. The van der Waals surface area contributed by atoms with Gasteiger partial charge in [-0.25, -0.2) is 0 Å². The molecule has 1 unspecified atom stereocenters. The van der Waals surface area contributed by atoms with E-state index >= 15 is 0 Å². The maximum Gasteiger partial charge on any atom is 0.293 e. The first-order valence-corrected chi connectivity index (χ1v) is 7.76. The molecular weight excluding hydrogens is 308 g/mol. The number of Topliss-reactive ketones (excluding diaryl/α,β-unsaturated/α-hetero) is 1. The lowest BCUT2D eigenvalue weighted by Crippen LogP contribution is -2.04. The lowest BCUT2D eigenvalue weighted by atomic mass is 10.1. The number of nitrogens with zero attached hydrogens (tertiary/aromatic N) is 1. The SMILES string of the molecule is CCC(=O)c1ccc(Nc2ccc(CC(C)O)cc2)c([N+](=O)[O-])c1. The Morgan fingerprint density at radius 3 is 2.46 bits per heavy atom. The van der Waals surface area contributed by atoms with E-state index in [9.17, 15) is 20.0 Å². The maximum atomic E-state index is 11.7. The fourth-order valence-corrected chi connectivity index (χ4v) is 2.39. The third-order valence-electron chi connectivity index (χ3n) is 3.60. The highest BCUT2D eigenvalue weighted by atomic mass is 16.6. The van der Waals surface area contributed by atoms with Crippen LogP contribution in [0.2, 0.25) is 0 Å². The lowest BCUT2D eigenvalue weighted by molar-refractivity contribution is -0.383. The topological polar surface area (TPSA) is 92.5 Å². The van der Waals surface area contributed by atoms with Gasteiger partial charge in [0.2, 0.25) is 0 Å². The van der Waals surface area contributed by atoms with Crippen molar-refractivity contribution in [2.24, 2.45) is 0 Å². The van der Waals surface area contributed by atoms with Crippen molar-refractivity contribution in [3.05, 3.63) is 63.7 Å². The molecule has 0 saturated heterocycles. The Labute approximate surface area is 140 Å². The number of nitro benzene ring substituents is 1. The number of anilines is 2. The first-order chi connectivity index (χ1) is 11.4. The summed E-state index contributed by atoms with van der Waals surface area (Å²) in [5.74, 6) is -0.132. The van der Waals surface area contributed by atoms with E-state index in [4.69, 9.17) is 0 Å². The molecule has 0 heterocycles. The fraction of sp³-hybridized carbons (Fsp3) is 0.278. The zero-order chi connectivity index (χ0) is 17.7. The first-order valence-electron chi connectivity index (χ1n) is 7.76. The van der Waals surface area contributed by atoms with Gasteiger partial charge in [0.25, 0.3) is 5.69 Å². The minimum absolute atomic E-state index is 0.132. The molecule has 0 aromatic heterocycles. The van der Waals surface area contributed by atoms with Crippen LogP contribution in [-0.2, 0) is 6.42 Å². The normalized spacial score (nSPS) is 11.8. The predicted molar refractivity (Wildman–Crippen MR) is 92.8 cm³/mol. The van der Waals surface area contributed by atoms with Gasteiger partial charge < -0.3 is 10.4 Å². The highest BCUT2D eigenvalue weighted by Gasteiger charge is 2.17. The van der Waals surface area contributed by atoms with Crippen LogP contribution in [0.25, 0.3) is 0 Å². The predicted octanol–water partition coefficient (Wildman–Crippen LogP) is 3.85. The third-order valence-corrected chi connectivity index (χ3v) is 3.60. The Bertz CT molecular complexity index is 739. The van der Waals surface area contributed by atoms with Crippen LogP contribution in [0, 0.1) is 10.1 Å². The third kappa shape index (κ3) is 4.39. The van der Waals surface area contributed by atoms with Gasteiger partial charge in [0.05, 0.1) is 11.0 Å². The molecular formula is C18H20N2O4. The second-order valence-electron chi connectivity index (χ2n) is 5.64. The minimum Gasteiger partial charge on any atom is -0.393 e. The van der Waals surface area contributed by atoms with Crippen molar-refractivity contribution in [3.63, 3.8) is 0 Å². The molecule has 2 aromatic rings. The molecule has 2 rings (SSSR count). The highest BCUT2D eigenvalue weighted by molar-refractivity contribution is 5.97. The summed E-state index contributed by atoms with van der Waals surface area (Å²) in [5, 5.41) is 23.7. The Kier molecular flexibility index (Phi) is 5.65. The van der Waals surface area contributed by atoms with Crippen molar-refractivity contribution >= 4 is 22.8 Å². The van der Waals surface area contributed by atoms with Crippen LogP contribution in [-0.4, -0.2) is 21.9 Å². The number of benzene rings is 2. The van der Waals surface area contributed by atoms with Gasteiger partial charge in [0.1, 0.15) is 5.69 Å². The molecule has 2 aromatic carbocycles. The van der Waals surface area contributed by atoms with Crippen molar-refractivity contribution in [3.8, 4) is 0 Å². The molecule has 0 saturated carbocycles.